The normalized spacial score (nSPS) is 18.1. The first kappa shape index (κ1) is 22.9. The number of carbonyl (C=O) groups excluding carboxylic acids is 1. The van der Waals surface area contributed by atoms with E-state index in [0.717, 1.165) is 32.8 Å². The molecule has 0 fully saturated rings. The van der Waals surface area contributed by atoms with Gasteiger partial charge in [0.25, 0.3) is 5.91 Å². The van der Waals surface area contributed by atoms with Crippen molar-refractivity contribution in [2.45, 2.75) is 52.0 Å². The summed E-state index contributed by atoms with van der Waals surface area (Å²) < 4.78 is 44.4. The van der Waals surface area contributed by atoms with Crippen LogP contribution in [0.2, 0.25) is 0 Å². The third-order valence-corrected chi connectivity index (χ3v) is 6.35. The Labute approximate surface area is 190 Å². The van der Waals surface area contributed by atoms with E-state index in [9.17, 15) is 18.0 Å². The molecule has 0 spiro atoms. The number of fused-ring (bicyclic) bond motifs is 1. The fourth-order valence-corrected chi connectivity index (χ4v) is 4.30. The third-order valence-electron chi connectivity index (χ3n) is 6.35. The summed E-state index contributed by atoms with van der Waals surface area (Å²) in [6.07, 6.45) is -3.48. The van der Waals surface area contributed by atoms with Crippen molar-refractivity contribution in [3.8, 4) is 0 Å². The summed E-state index contributed by atoms with van der Waals surface area (Å²) in [5.74, 6) is -0.317. The molecule has 1 aliphatic heterocycles. The first-order valence-electron chi connectivity index (χ1n) is 10.7. The molecule has 176 valence electrons. The zero-order valence-corrected chi connectivity index (χ0v) is 19.2. The molecule has 1 N–H and O–H groups in total. The van der Waals surface area contributed by atoms with Gasteiger partial charge in [0.05, 0.1) is 17.9 Å². The second kappa shape index (κ2) is 8.24. The molecular formula is C23H27F3N6O. The highest BCUT2D eigenvalue weighted by molar-refractivity contribution is 5.98. The van der Waals surface area contributed by atoms with Crippen molar-refractivity contribution in [3.63, 3.8) is 0 Å². The Bertz CT molecular complexity index is 1180. The average molecular weight is 461 g/mol. The van der Waals surface area contributed by atoms with Gasteiger partial charge in [-0.1, -0.05) is 29.8 Å². The van der Waals surface area contributed by atoms with E-state index < -0.39 is 24.2 Å². The van der Waals surface area contributed by atoms with Crippen LogP contribution in [0.1, 0.15) is 56.9 Å². The van der Waals surface area contributed by atoms with Crippen molar-refractivity contribution in [1.29, 1.82) is 0 Å². The summed E-state index contributed by atoms with van der Waals surface area (Å²) in [7, 11) is 3.45. The molecule has 3 heterocycles. The van der Waals surface area contributed by atoms with Crippen molar-refractivity contribution in [1.82, 2.24) is 24.5 Å². The van der Waals surface area contributed by atoms with Crippen LogP contribution in [0, 0.1) is 20.8 Å². The highest BCUT2D eigenvalue weighted by Gasteiger charge is 2.47. The molecule has 2 atom stereocenters. The van der Waals surface area contributed by atoms with E-state index in [-0.39, 0.29) is 17.8 Å². The number of aryl methyl sites for hydroxylation is 3. The zero-order valence-electron chi connectivity index (χ0n) is 19.2. The lowest BCUT2D eigenvalue weighted by molar-refractivity contribution is -0.173. The summed E-state index contributed by atoms with van der Waals surface area (Å²) in [4.78, 5) is 14.8. The minimum Gasteiger partial charge on any atom is -0.363 e. The maximum Gasteiger partial charge on any atom is 0.410 e. The van der Waals surface area contributed by atoms with Crippen LogP contribution >= 0.6 is 0 Å². The molecule has 0 bridgehead atoms. The zero-order chi connectivity index (χ0) is 24.1. The highest BCUT2D eigenvalue weighted by Crippen LogP contribution is 2.44. The lowest BCUT2D eigenvalue weighted by Gasteiger charge is -2.34. The second-order valence-corrected chi connectivity index (χ2v) is 8.69. The van der Waals surface area contributed by atoms with Gasteiger partial charge >= 0.3 is 6.18 Å². The molecule has 4 rings (SSSR count). The summed E-state index contributed by atoms with van der Waals surface area (Å²) >= 11 is 0. The maximum absolute atomic E-state index is 13.9. The fraction of sp³-hybridized carbons (Fsp3) is 0.435. The molecular weight excluding hydrogens is 433 g/mol. The largest absolute Gasteiger partial charge is 0.410 e. The first-order chi connectivity index (χ1) is 15.5. The van der Waals surface area contributed by atoms with Gasteiger partial charge in [-0.15, -0.1) is 0 Å². The Morgan fingerprint density at radius 3 is 2.45 bits per heavy atom. The van der Waals surface area contributed by atoms with Crippen LogP contribution in [0.3, 0.4) is 0 Å². The topological polar surface area (TPSA) is 68.0 Å². The number of anilines is 1. The van der Waals surface area contributed by atoms with E-state index >= 15 is 0 Å². The number of nitrogens with zero attached hydrogens (tertiary/aromatic N) is 5. The second-order valence-electron chi connectivity index (χ2n) is 8.69. The quantitative estimate of drug-likeness (QED) is 0.624. The van der Waals surface area contributed by atoms with Crippen molar-refractivity contribution in [3.05, 3.63) is 64.1 Å². The number of nitrogens with one attached hydrogen (secondary N) is 1. The van der Waals surface area contributed by atoms with Crippen LogP contribution in [0.15, 0.2) is 30.5 Å². The van der Waals surface area contributed by atoms with Gasteiger partial charge in [-0.2, -0.15) is 23.4 Å². The van der Waals surface area contributed by atoms with E-state index in [1.54, 1.807) is 11.7 Å². The molecule has 0 aliphatic carbocycles. The smallest absolute Gasteiger partial charge is 0.363 e. The van der Waals surface area contributed by atoms with Gasteiger partial charge in [-0.3, -0.25) is 9.48 Å². The van der Waals surface area contributed by atoms with Crippen molar-refractivity contribution in [2.75, 3.05) is 12.4 Å². The van der Waals surface area contributed by atoms with Crippen LogP contribution in [-0.2, 0) is 13.6 Å². The molecule has 0 saturated heterocycles. The van der Waals surface area contributed by atoms with Crippen LogP contribution in [-0.4, -0.2) is 43.6 Å². The van der Waals surface area contributed by atoms with Crippen LogP contribution < -0.4 is 5.32 Å². The molecule has 0 radical (unpaired) electrons. The predicted molar refractivity (Wildman–Crippen MR) is 118 cm³/mol. The van der Waals surface area contributed by atoms with Gasteiger partial charge < -0.3 is 10.2 Å². The molecule has 10 heteroatoms. The minimum atomic E-state index is -4.50. The predicted octanol–water partition coefficient (Wildman–Crippen LogP) is 4.47. The Kier molecular flexibility index (Phi) is 5.71. The lowest BCUT2D eigenvalue weighted by Crippen LogP contribution is -2.36. The number of rotatable bonds is 4. The van der Waals surface area contributed by atoms with Gasteiger partial charge in [0.15, 0.2) is 6.04 Å². The molecule has 0 saturated carbocycles. The molecule has 1 aromatic carbocycles. The Hall–Kier alpha value is -3.30. The summed E-state index contributed by atoms with van der Waals surface area (Å²) in [6.45, 7) is 5.99. The average Bonchev–Trinajstić information content (AvgIpc) is 3.28. The van der Waals surface area contributed by atoms with Gasteiger partial charge in [-0.25, -0.2) is 4.68 Å². The number of aromatic nitrogens is 4. The van der Waals surface area contributed by atoms with Crippen LogP contribution in [0.4, 0.5) is 19.0 Å². The molecule has 1 amide bonds. The Morgan fingerprint density at radius 1 is 1.21 bits per heavy atom. The molecule has 2 aromatic heterocycles. The standard InChI is InChI=1S/C23H27F3N6O/c1-13-6-8-16(9-7-13)19-10-20(23(24,25)26)32-21(28-19)17(11-27-32)22(33)30(4)12-18-14(2)29-31(5)15(18)3/h6-9,11,19-20,28H,10,12H2,1-5H3/t19-,20-/m0/s1. The molecule has 1 aliphatic rings. The molecule has 7 nitrogen and oxygen atoms in total. The maximum atomic E-state index is 13.9. The lowest BCUT2D eigenvalue weighted by atomic mass is 9.96. The molecule has 3 aromatic rings. The number of hydrogen-bond donors (Lipinski definition) is 1. The van der Waals surface area contributed by atoms with E-state index in [4.69, 9.17) is 0 Å². The Balaban J connectivity index is 1.67. The summed E-state index contributed by atoms with van der Waals surface area (Å²) in [6, 6.07) is 4.94. The van der Waals surface area contributed by atoms with Gasteiger partial charge in [0.2, 0.25) is 0 Å². The molecule has 33 heavy (non-hydrogen) atoms. The van der Waals surface area contributed by atoms with Crippen molar-refractivity contribution >= 4 is 11.7 Å². The number of carbonyl (C=O) groups is 1. The van der Waals surface area contributed by atoms with E-state index in [1.165, 1.54) is 11.1 Å². The van der Waals surface area contributed by atoms with Crippen molar-refractivity contribution < 1.29 is 18.0 Å². The Morgan fingerprint density at radius 2 is 1.88 bits per heavy atom. The summed E-state index contributed by atoms with van der Waals surface area (Å²) in [5.41, 5.74) is 4.51. The number of amides is 1. The SMILES string of the molecule is Cc1ccc([C@@H]2C[C@@H](C(F)(F)F)n3ncc(C(=O)N(C)Cc4c(C)nn(C)c4C)c3N2)cc1. The van der Waals surface area contributed by atoms with Gasteiger partial charge in [-0.05, 0) is 26.3 Å². The van der Waals surface area contributed by atoms with Crippen LogP contribution in [0.25, 0.3) is 0 Å². The number of alkyl halides is 3. The monoisotopic (exact) mass is 460 g/mol. The van der Waals surface area contributed by atoms with E-state index in [1.807, 2.05) is 52.1 Å². The number of benzene rings is 1. The number of halogens is 3. The number of hydrogen-bond acceptors (Lipinski definition) is 4. The van der Waals surface area contributed by atoms with E-state index in [2.05, 4.69) is 15.5 Å². The highest BCUT2D eigenvalue weighted by atomic mass is 19.4. The van der Waals surface area contributed by atoms with Crippen molar-refractivity contribution in [2.24, 2.45) is 7.05 Å². The first-order valence-corrected chi connectivity index (χ1v) is 10.7. The molecule has 0 unspecified atom stereocenters. The fourth-order valence-electron chi connectivity index (χ4n) is 4.30. The summed E-state index contributed by atoms with van der Waals surface area (Å²) in [5, 5.41) is 11.5. The van der Waals surface area contributed by atoms with Gasteiger partial charge in [0.1, 0.15) is 11.4 Å². The van der Waals surface area contributed by atoms with Gasteiger partial charge in [0, 0.05) is 38.3 Å². The minimum absolute atomic E-state index is 0.0885. The van der Waals surface area contributed by atoms with E-state index in [0.29, 0.717) is 6.54 Å². The third kappa shape index (κ3) is 4.21. The van der Waals surface area contributed by atoms with Crippen LogP contribution in [0.5, 0.6) is 0 Å².